The summed E-state index contributed by atoms with van der Waals surface area (Å²) in [6.45, 7) is 4.29. The number of para-hydroxylation sites is 2. The highest BCUT2D eigenvalue weighted by Crippen LogP contribution is 2.56. The molecule has 30 heavy (non-hydrogen) atoms. The van der Waals surface area contributed by atoms with Gasteiger partial charge in [-0.15, -0.1) is 6.58 Å². The Kier molecular flexibility index (Phi) is 3.55. The molecule has 3 aliphatic rings. The summed E-state index contributed by atoms with van der Waals surface area (Å²) < 4.78 is 6.86. The summed E-state index contributed by atoms with van der Waals surface area (Å²) in [4.78, 5) is 17.9. The van der Waals surface area contributed by atoms with Crippen molar-refractivity contribution < 1.29 is 9.53 Å². The van der Waals surface area contributed by atoms with Crippen molar-refractivity contribution in [3.8, 4) is 0 Å². The van der Waals surface area contributed by atoms with Gasteiger partial charge in [0, 0.05) is 29.4 Å². The topological polar surface area (TPSA) is 32.8 Å². The van der Waals surface area contributed by atoms with Crippen LogP contribution in [0.5, 0.6) is 0 Å². The van der Waals surface area contributed by atoms with E-state index in [1.807, 2.05) is 60.8 Å². The lowest BCUT2D eigenvalue weighted by molar-refractivity contribution is -0.147. The SMILES string of the molecule is C=CCN1C(=O)[C@@]2(O[C@H]3c4ccccc4C=CN3c3ccccc32)c2ccccc21. The van der Waals surface area contributed by atoms with E-state index in [0.717, 1.165) is 33.6 Å². The molecule has 3 aliphatic heterocycles. The van der Waals surface area contributed by atoms with Crippen LogP contribution in [0.1, 0.15) is 28.5 Å². The fourth-order valence-electron chi connectivity index (χ4n) is 4.94. The number of carbonyl (C=O) groups is 1. The van der Waals surface area contributed by atoms with Crippen molar-refractivity contribution >= 4 is 23.4 Å². The monoisotopic (exact) mass is 392 g/mol. The number of rotatable bonds is 2. The predicted octanol–water partition coefficient (Wildman–Crippen LogP) is 4.98. The molecule has 4 heteroatoms. The lowest BCUT2D eigenvalue weighted by Crippen LogP contribution is -2.50. The number of ether oxygens (including phenoxy) is 1. The summed E-state index contributed by atoms with van der Waals surface area (Å²) in [5.74, 6) is -0.0669. The Bertz CT molecular complexity index is 1230. The molecular formula is C26H20N2O2. The van der Waals surface area contributed by atoms with E-state index >= 15 is 0 Å². The molecule has 0 fully saturated rings. The minimum atomic E-state index is -1.18. The first kappa shape index (κ1) is 17.2. The third-order valence-electron chi connectivity index (χ3n) is 6.21. The minimum absolute atomic E-state index is 0.0669. The molecule has 4 nitrogen and oxygen atoms in total. The molecule has 2 atom stereocenters. The van der Waals surface area contributed by atoms with E-state index in [1.54, 1.807) is 11.0 Å². The number of hydrogen-bond donors (Lipinski definition) is 0. The second kappa shape index (κ2) is 6.18. The van der Waals surface area contributed by atoms with Crippen molar-refractivity contribution in [3.05, 3.63) is 114 Å². The van der Waals surface area contributed by atoms with Gasteiger partial charge in [0.15, 0.2) is 6.23 Å². The molecule has 0 aliphatic carbocycles. The van der Waals surface area contributed by atoms with Crippen molar-refractivity contribution in [2.45, 2.75) is 11.8 Å². The van der Waals surface area contributed by atoms with Crippen LogP contribution in [0.3, 0.4) is 0 Å². The van der Waals surface area contributed by atoms with E-state index in [-0.39, 0.29) is 12.1 Å². The molecule has 0 bridgehead atoms. The smallest absolute Gasteiger partial charge is 0.269 e. The number of hydrogen-bond acceptors (Lipinski definition) is 3. The van der Waals surface area contributed by atoms with Crippen LogP contribution >= 0.6 is 0 Å². The lowest BCUT2D eigenvalue weighted by atomic mass is 9.83. The zero-order valence-corrected chi connectivity index (χ0v) is 16.4. The summed E-state index contributed by atoms with van der Waals surface area (Å²) in [5, 5.41) is 0. The molecule has 146 valence electrons. The van der Waals surface area contributed by atoms with Crippen LogP contribution in [0.4, 0.5) is 11.4 Å². The maximum atomic E-state index is 14.0. The lowest BCUT2D eigenvalue weighted by Gasteiger charge is -2.46. The molecule has 0 N–H and O–H groups in total. The molecule has 0 saturated carbocycles. The van der Waals surface area contributed by atoms with Crippen molar-refractivity contribution in [2.24, 2.45) is 0 Å². The first-order valence-corrected chi connectivity index (χ1v) is 10.1. The van der Waals surface area contributed by atoms with Crippen LogP contribution in [0, 0.1) is 0 Å². The first-order valence-electron chi connectivity index (χ1n) is 10.1. The summed E-state index contributed by atoms with van der Waals surface area (Å²) >= 11 is 0. The van der Waals surface area contributed by atoms with Gasteiger partial charge < -0.3 is 14.5 Å². The molecular weight excluding hydrogens is 372 g/mol. The quantitative estimate of drug-likeness (QED) is 0.577. The Morgan fingerprint density at radius 1 is 0.933 bits per heavy atom. The molecule has 3 heterocycles. The fraction of sp³-hybridized carbons (Fsp3) is 0.115. The molecule has 0 saturated heterocycles. The van der Waals surface area contributed by atoms with E-state index in [2.05, 4.69) is 35.8 Å². The maximum Gasteiger partial charge on any atom is 0.269 e. The average molecular weight is 392 g/mol. The molecule has 0 unspecified atom stereocenters. The second-order valence-corrected chi connectivity index (χ2v) is 7.74. The number of anilines is 2. The highest BCUT2D eigenvalue weighted by atomic mass is 16.5. The average Bonchev–Trinajstić information content (AvgIpc) is 3.03. The molecule has 6 rings (SSSR count). The van der Waals surface area contributed by atoms with Crippen LogP contribution in [0.25, 0.3) is 6.08 Å². The van der Waals surface area contributed by atoms with Crippen molar-refractivity contribution in [3.63, 3.8) is 0 Å². The molecule has 0 radical (unpaired) electrons. The fourth-order valence-corrected chi connectivity index (χ4v) is 4.94. The third-order valence-corrected chi connectivity index (χ3v) is 6.21. The number of amides is 1. The van der Waals surface area contributed by atoms with E-state index in [9.17, 15) is 4.79 Å². The highest BCUT2D eigenvalue weighted by molar-refractivity contribution is 6.10. The highest BCUT2D eigenvalue weighted by Gasteiger charge is 2.58. The Labute approximate surface area is 175 Å². The van der Waals surface area contributed by atoms with E-state index in [4.69, 9.17) is 4.74 Å². The maximum absolute atomic E-state index is 14.0. The molecule has 1 amide bonds. The van der Waals surface area contributed by atoms with Gasteiger partial charge >= 0.3 is 0 Å². The minimum Gasteiger partial charge on any atom is -0.328 e. The Hall–Kier alpha value is -3.63. The van der Waals surface area contributed by atoms with E-state index < -0.39 is 5.60 Å². The van der Waals surface area contributed by atoms with Crippen LogP contribution < -0.4 is 9.80 Å². The standard InChI is InChI=1S/C26H20N2O2/c1-2-16-28-23-14-8-6-12-21(23)26(25(28)29)20-11-5-7-13-22(20)27-17-15-18-9-3-4-10-19(18)24(27)30-26/h2-15,17,24H,1,16H2/t24-,26-/m0/s1. The van der Waals surface area contributed by atoms with Gasteiger partial charge in [-0.3, -0.25) is 4.79 Å². The van der Waals surface area contributed by atoms with Crippen molar-refractivity contribution in [1.82, 2.24) is 0 Å². The molecule has 3 aromatic rings. The van der Waals surface area contributed by atoms with Gasteiger partial charge in [0.25, 0.3) is 5.91 Å². The predicted molar refractivity (Wildman–Crippen MR) is 118 cm³/mol. The Balaban J connectivity index is 1.65. The van der Waals surface area contributed by atoms with Crippen molar-refractivity contribution in [1.29, 1.82) is 0 Å². The number of carbonyl (C=O) groups excluding carboxylic acids is 1. The summed E-state index contributed by atoms with van der Waals surface area (Å²) in [5.41, 5.74) is 4.60. The van der Waals surface area contributed by atoms with Gasteiger partial charge in [0.2, 0.25) is 5.60 Å². The number of benzene rings is 3. The normalized spacial score (nSPS) is 23.1. The largest absolute Gasteiger partial charge is 0.328 e. The first-order chi connectivity index (χ1) is 14.8. The summed E-state index contributed by atoms with van der Waals surface area (Å²) in [7, 11) is 0. The zero-order chi connectivity index (χ0) is 20.3. The van der Waals surface area contributed by atoms with Gasteiger partial charge in [-0.25, -0.2) is 0 Å². The Morgan fingerprint density at radius 2 is 1.60 bits per heavy atom. The Morgan fingerprint density at radius 3 is 2.40 bits per heavy atom. The van der Waals surface area contributed by atoms with Gasteiger partial charge in [-0.2, -0.15) is 0 Å². The second-order valence-electron chi connectivity index (χ2n) is 7.74. The van der Waals surface area contributed by atoms with Gasteiger partial charge in [0.1, 0.15) is 0 Å². The zero-order valence-electron chi connectivity index (χ0n) is 16.4. The third kappa shape index (κ3) is 2.06. The number of fused-ring (bicyclic) bond motifs is 8. The van der Waals surface area contributed by atoms with Crippen molar-refractivity contribution in [2.75, 3.05) is 16.3 Å². The van der Waals surface area contributed by atoms with Crippen LogP contribution in [-0.2, 0) is 15.1 Å². The van der Waals surface area contributed by atoms with Crippen LogP contribution in [0.15, 0.2) is 91.7 Å². The molecule has 1 spiro atoms. The van der Waals surface area contributed by atoms with Gasteiger partial charge in [-0.05, 0) is 23.8 Å². The molecule has 3 aromatic carbocycles. The summed E-state index contributed by atoms with van der Waals surface area (Å²) in [6.07, 6.45) is 5.51. The van der Waals surface area contributed by atoms with Gasteiger partial charge in [-0.1, -0.05) is 66.7 Å². The van der Waals surface area contributed by atoms with Gasteiger partial charge in [0.05, 0.1) is 11.4 Å². The summed E-state index contributed by atoms with van der Waals surface area (Å²) in [6, 6.07) is 24.2. The van der Waals surface area contributed by atoms with Crippen LogP contribution in [-0.4, -0.2) is 12.5 Å². The van der Waals surface area contributed by atoms with E-state index in [0.29, 0.717) is 6.54 Å². The van der Waals surface area contributed by atoms with E-state index in [1.165, 1.54) is 0 Å². The van der Waals surface area contributed by atoms with Crippen LogP contribution in [0.2, 0.25) is 0 Å². The number of nitrogens with zero attached hydrogens (tertiary/aromatic N) is 2. The molecule has 0 aromatic heterocycles.